The van der Waals surface area contributed by atoms with E-state index in [-0.39, 0.29) is 11.6 Å². The van der Waals surface area contributed by atoms with Gasteiger partial charge in [-0.3, -0.25) is 0 Å². The van der Waals surface area contributed by atoms with Crippen LogP contribution < -0.4 is 21.1 Å². The Hall–Kier alpha value is -2.82. The highest BCUT2D eigenvalue weighted by Crippen LogP contribution is 2.45. The summed E-state index contributed by atoms with van der Waals surface area (Å²) in [6.45, 7) is 11.0. The highest BCUT2D eigenvalue weighted by Gasteiger charge is 2.40. The summed E-state index contributed by atoms with van der Waals surface area (Å²) in [5, 5.41) is 7.68. The van der Waals surface area contributed by atoms with E-state index in [0.29, 0.717) is 6.04 Å². The number of ether oxygens (including phenoxy) is 1. The SMILES string of the molecule is Cc1c(C)c2c(c(C)c1N)CC(C)(CC(CC1CCNCC1)NC(c1ccccc1)c1ccccc1)O2. The number of hydrogen-bond donors (Lipinski definition) is 3. The van der Waals surface area contributed by atoms with Gasteiger partial charge in [-0.15, -0.1) is 0 Å². The highest BCUT2D eigenvalue weighted by atomic mass is 16.5. The van der Waals surface area contributed by atoms with Crippen LogP contribution in [0.2, 0.25) is 0 Å². The molecular weight excluding hydrogens is 454 g/mol. The van der Waals surface area contributed by atoms with Crippen molar-refractivity contribution in [2.24, 2.45) is 5.92 Å². The van der Waals surface area contributed by atoms with Crippen LogP contribution in [0.15, 0.2) is 60.7 Å². The normalized spacial score (nSPS) is 20.6. The molecule has 0 saturated carbocycles. The number of nitrogens with one attached hydrogen (secondary N) is 2. The van der Waals surface area contributed by atoms with E-state index < -0.39 is 0 Å². The first-order valence-corrected chi connectivity index (χ1v) is 14.0. The molecule has 2 aliphatic heterocycles. The first-order chi connectivity index (χ1) is 17.8. The molecule has 2 unspecified atom stereocenters. The number of anilines is 1. The van der Waals surface area contributed by atoms with Crippen molar-refractivity contribution in [3.63, 3.8) is 0 Å². The van der Waals surface area contributed by atoms with Crippen LogP contribution in [0.3, 0.4) is 0 Å². The predicted octanol–water partition coefficient (Wildman–Crippen LogP) is 6.42. The second kappa shape index (κ2) is 10.9. The van der Waals surface area contributed by atoms with E-state index in [1.807, 2.05) is 0 Å². The van der Waals surface area contributed by atoms with Gasteiger partial charge in [0.05, 0.1) is 6.04 Å². The molecule has 196 valence electrons. The van der Waals surface area contributed by atoms with Gasteiger partial charge in [0, 0.05) is 30.1 Å². The van der Waals surface area contributed by atoms with Crippen molar-refractivity contribution < 1.29 is 4.74 Å². The first-order valence-electron chi connectivity index (χ1n) is 14.0. The Balaban J connectivity index is 1.45. The van der Waals surface area contributed by atoms with E-state index in [1.54, 1.807) is 0 Å². The molecule has 2 heterocycles. The Morgan fingerprint density at radius 1 is 0.919 bits per heavy atom. The van der Waals surface area contributed by atoms with Gasteiger partial charge in [0.2, 0.25) is 0 Å². The molecule has 2 aliphatic rings. The van der Waals surface area contributed by atoms with E-state index in [0.717, 1.165) is 55.3 Å². The maximum absolute atomic E-state index is 6.85. The van der Waals surface area contributed by atoms with Gasteiger partial charge in [0.1, 0.15) is 11.4 Å². The summed E-state index contributed by atoms with van der Waals surface area (Å²) in [6, 6.07) is 22.2. The van der Waals surface area contributed by atoms with Crippen molar-refractivity contribution in [1.29, 1.82) is 0 Å². The second-order valence-corrected chi connectivity index (χ2v) is 11.6. The number of hydrogen-bond acceptors (Lipinski definition) is 4. The van der Waals surface area contributed by atoms with Crippen LogP contribution in [-0.4, -0.2) is 24.7 Å². The minimum absolute atomic E-state index is 0.142. The number of benzene rings is 3. The van der Waals surface area contributed by atoms with E-state index in [1.165, 1.54) is 40.7 Å². The molecule has 0 radical (unpaired) electrons. The van der Waals surface area contributed by atoms with E-state index >= 15 is 0 Å². The van der Waals surface area contributed by atoms with Crippen molar-refractivity contribution in [3.05, 3.63) is 94.0 Å². The summed E-state index contributed by atoms with van der Waals surface area (Å²) < 4.78 is 6.85. The zero-order valence-electron chi connectivity index (χ0n) is 22.9. The minimum atomic E-state index is -0.263. The Morgan fingerprint density at radius 2 is 1.51 bits per heavy atom. The Kier molecular flexibility index (Phi) is 7.60. The van der Waals surface area contributed by atoms with E-state index in [4.69, 9.17) is 10.5 Å². The topological polar surface area (TPSA) is 59.3 Å². The van der Waals surface area contributed by atoms with Gasteiger partial charge in [-0.1, -0.05) is 60.7 Å². The quantitative estimate of drug-likeness (QED) is 0.315. The molecule has 4 heteroatoms. The first kappa shape index (κ1) is 25.8. The number of nitrogens with two attached hydrogens (primary N) is 1. The van der Waals surface area contributed by atoms with Crippen molar-refractivity contribution in [1.82, 2.24) is 10.6 Å². The van der Waals surface area contributed by atoms with Crippen LogP contribution in [0.25, 0.3) is 0 Å². The van der Waals surface area contributed by atoms with Crippen LogP contribution in [0.4, 0.5) is 5.69 Å². The Morgan fingerprint density at radius 3 is 2.11 bits per heavy atom. The lowest BCUT2D eigenvalue weighted by atomic mass is 9.83. The summed E-state index contributed by atoms with van der Waals surface area (Å²) in [6.07, 6.45) is 5.51. The number of piperidine rings is 1. The fraction of sp³-hybridized carbons (Fsp3) is 0.455. The maximum atomic E-state index is 6.85. The fourth-order valence-corrected chi connectivity index (χ4v) is 6.50. The Bertz CT molecular complexity index is 1120. The smallest absolute Gasteiger partial charge is 0.127 e. The van der Waals surface area contributed by atoms with Gasteiger partial charge < -0.3 is 21.1 Å². The van der Waals surface area contributed by atoms with Crippen LogP contribution in [0, 0.1) is 26.7 Å². The van der Waals surface area contributed by atoms with Gasteiger partial charge in [-0.05, 0) is 93.8 Å². The summed E-state index contributed by atoms with van der Waals surface area (Å²) in [5.74, 6) is 1.79. The largest absolute Gasteiger partial charge is 0.487 e. The van der Waals surface area contributed by atoms with Crippen molar-refractivity contribution >= 4 is 5.69 Å². The van der Waals surface area contributed by atoms with Crippen LogP contribution in [0.5, 0.6) is 5.75 Å². The maximum Gasteiger partial charge on any atom is 0.127 e. The van der Waals surface area contributed by atoms with Gasteiger partial charge in [-0.25, -0.2) is 0 Å². The zero-order valence-corrected chi connectivity index (χ0v) is 22.9. The second-order valence-electron chi connectivity index (χ2n) is 11.6. The molecule has 0 spiro atoms. The van der Waals surface area contributed by atoms with E-state index in [9.17, 15) is 0 Å². The molecule has 5 rings (SSSR count). The lowest BCUT2D eigenvalue weighted by Crippen LogP contribution is -2.44. The third-order valence-corrected chi connectivity index (χ3v) is 8.76. The minimum Gasteiger partial charge on any atom is -0.487 e. The van der Waals surface area contributed by atoms with Gasteiger partial charge >= 0.3 is 0 Å². The lowest BCUT2D eigenvalue weighted by molar-refractivity contribution is 0.0837. The van der Waals surface area contributed by atoms with Crippen molar-refractivity contribution in [2.75, 3.05) is 18.8 Å². The summed E-state index contributed by atoms with van der Waals surface area (Å²) in [5.41, 5.74) is 14.6. The predicted molar refractivity (Wildman–Crippen MR) is 154 cm³/mol. The average Bonchev–Trinajstić information content (AvgIpc) is 3.28. The van der Waals surface area contributed by atoms with Crippen LogP contribution in [-0.2, 0) is 6.42 Å². The summed E-state index contributed by atoms with van der Waals surface area (Å²) >= 11 is 0. The van der Waals surface area contributed by atoms with Crippen LogP contribution in [0.1, 0.15) is 72.0 Å². The third-order valence-electron chi connectivity index (χ3n) is 8.76. The molecule has 1 fully saturated rings. The summed E-state index contributed by atoms with van der Waals surface area (Å²) in [7, 11) is 0. The molecule has 0 bridgehead atoms. The molecule has 0 amide bonds. The summed E-state index contributed by atoms with van der Waals surface area (Å²) in [4.78, 5) is 0. The Labute approximate surface area is 223 Å². The molecule has 4 nitrogen and oxygen atoms in total. The highest BCUT2D eigenvalue weighted by molar-refractivity contribution is 5.66. The zero-order chi connectivity index (χ0) is 26.0. The van der Waals surface area contributed by atoms with E-state index in [2.05, 4.69) is 99.0 Å². The van der Waals surface area contributed by atoms with Crippen molar-refractivity contribution in [3.8, 4) is 5.75 Å². The molecule has 0 aromatic heterocycles. The van der Waals surface area contributed by atoms with Crippen molar-refractivity contribution in [2.45, 2.75) is 77.5 Å². The van der Waals surface area contributed by atoms with Gasteiger partial charge in [0.25, 0.3) is 0 Å². The molecule has 1 saturated heterocycles. The van der Waals surface area contributed by atoms with Gasteiger partial charge in [-0.2, -0.15) is 0 Å². The standard InChI is InChI=1S/C33H43N3O/c1-22-23(2)32-29(24(3)30(22)34)21-33(4,37-32)20-28(19-25-15-17-35-18-16-25)36-31(26-11-7-5-8-12-26)27-13-9-6-10-14-27/h5-14,25,28,31,35-36H,15-21,34H2,1-4H3. The molecule has 4 N–H and O–H groups in total. The monoisotopic (exact) mass is 497 g/mol. The number of nitrogen functional groups attached to an aromatic ring is 1. The molecule has 2 atom stereocenters. The lowest BCUT2D eigenvalue weighted by Gasteiger charge is -2.36. The fourth-order valence-electron chi connectivity index (χ4n) is 6.50. The molecule has 37 heavy (non-hydrogen) atoms. The third kappa shape index (κ3) is 5.56. The molecule has 0 aliphatic carbocycles. The average molecular weight is 498 g/mol. The number of fused-ring (bicyclic) bond motifs is 1. The van der Waals surface area contributed by atoms with Gasteiger partial charge in [0.15, 0.2) is 0 Å². The number of rotatable bonds is 8. The molecule has 3 aromatic carbocycles. The molecule has 3 aromatic rings. The molecular formula is C33H43N3O. The van der Waals surface area contributed by atoms with Crippen LogP contribution >= 0.6 is 0 Å².